The Bertz CT molecular complexity index is 103. The summed E-state index contributed by atoms with van der Waals surface area (Å²) in [6.45, 7) is 0.0492. The van der Waals surface area contributed by atoms with Gasteiger partial charge in [-0.25, -0.2) is 0 Å². The first-order valence-corrected chi connectivity index (χ1v) is 2.97. The number of aliphatic hydroxyl groups excluding tert-OH is 1. The first kappa shape index (κ1) is 6.13. The monoisotopic (exact) mass is 132 g/mol. The maximum atomic E-state index is 8.47. The highest BCUT2D eigenvalue weighted by Gasteiger charge is 2.13. The Hall–Kier alpha value is 0.01000. The van der Waals surface area contributed by atoms with E-state index in [0.29, 0.717) is 0 Å². The molecule has 0 aromatic carbocycles. The summed E-state index contributed by atoms with van der Waals surface area (Å²) in [5, 5.41) is 8.47. The molecule has 0 bridgehead atoms. The van der Waals surface area contributed by atoms with E-state index in [9.17, 15) is 0 Å². The lowest BCUT2D eigenvalue weighted by Crippen LogP contribution is -2.11. The van der Waals surface area contributed by atoms with Crippen LogP contribution in [0.4, 0.5) is 0 Å². The van der Waals surface area contributed by atoms with Crippen molar-refractivity contribution < 1.29 is 9.84 Å². The van der Waals surface area contributed by atoms with Gasteiger partial charge in [-0.1, -0.05) is 6.08 Å². The van der Waals surface area contributed by atoms with Crippen molar-refractivity contribution in [3.05, 3.63) is 12.2 Å². The van der Waals surface area contributed by atoms with Gasteiger partial charge in [-0.15, -0.1) is 12.6 Å². The first-order valence-electron chi connectivity index (χ1n) is 2.45. The van der Waals surface area contributed by atoms with Gasteiger partial charge in [0.25, 0.3) is 0 Å². The van der Waals surface area contributed by atoms with Crippen molar-refractivity contribution in [1.82, 2.24) is 0 Å². The largest absolute Gasteiger partial charge is 0.393 e. The van der Waals surface area contributed by atoms with Crippen LogP contribution in [-0.2, 0) is 4.74 Å². The van der Waals surface area contributed by atoms with Crippen molar-refractivity contribution in [2.45, 2.75) is 11.5 Å². The summed E-state index contributed by atoms with van der Waals surface area (Å²) in [4.78, 5) is 0. The lowest BCUT2D eigenvalue weighted by atomic mass is 10.4. The fraction of sp³-hybridized carbons (Fsp3) is 0.600. The van der Waals surface area contributed by atoms with Crippen molar-refractivity contribution in [2.24, 2.45) is 0 Å². The van der Waals surface area contributed by atoms with E-state index in [-0.39, 0.29) is 18.1 Å². The Morgan fingerprint density at radius 3 is 2.62 bits per heavy atom. The van der Waals surface area contributed by atoms with Crippen LogP contribution in [0.1, 0.15) is 0 Å². The van der Waals surface area contributed by atoms with Crippen LogP contribution in [0.3, 0.4) is 0 Å². The lowest BCUT2D eigenvalue weighted by Gasteiger charge is -2.04. The van der Waals surface area contributed by atoms with Crippen molar-refractivity contribution in [1.29, 1.82) is 0 Å². The van der Waals surface area contributed by atoms with E-state index in [0.717, 1.165) is 0 Å². The van der Waals surface area contributed by atoms with Crippen LogP contribution >= 0.6 is 12.6 Å². The minimum atomic E-state index is -0.127. The Kier molecular flexibility index (Phi) is 1.94. The van der Waals surface area contributed by atoms with Gasteiger partial charge in [0.05, 0.1) is 6.61 Å². The Morgan fingerprint density at radius 1 is 1.62 bits per heavy atom. The highest BCUT2D eigenvalue weighted by atomic mass is 32.1. The predicted molar refractivity (Wildman–Crippen MR) is 33.9 cm³/mol. The van der Waals surface area contributed by atoms with E-state index in [1.165, 1.54) is 0 Å². The van der Waals surface area contributed by atoms with Gasteiger partial charge in [0, 0.05) is 0 Å². The molecular formula is C5H8O2S. The summed E-state index contributed by atoms with van der Waals surface area (Å²) in [6.07, 6.45) is 3.49. The number of aliphatic hydroxyl groups is 1. The molecule has 0 aromatic heterocycles. The quantitative estimate of drug-likeness (QED) is 0.394. The van der Waals surface area contributed by atoms with Crippen LogP contribution < -0.4 is 0 Å². The molecule has 3 heteroatoms. The molecule has 2 atom stereocenters. The van der Waals surface area contributed by atoms with Crippen molar-refractivity contribution >= 4 is 12.6 Å². The fourth-order valence-electron chi connectivity index (χ4n) is 0.593. The zero-order valence-electron chi connectivity index (χ0n) is 4.32. The molecule has 0 aliphatic carbocycles. The van der Waals surface area contributed by atoms with E-state index in [4.69, 9.17) is 9.84 Å². The van der Waals surface area contributed by atoms with Gasteiger partial charge in [0.2, 0.25) is 0 Å². The molecule has 0 saturated carbocycles. The SMILES string of the molecule is OC[C@@H]1C=CC(S)O1. The molecule has 1 rings (SSSR count). The second-order valence-corrected chi connectivity index (χ2v) is 2.14. The average molecular weight is 132 g/mol. The summed E-state index contributed by atoms with van der Waals surface area (Å²) in [5.74, 6) is 0. The lowest BCUT2D eigenvalue weighted by molar-refractivity contribution is 0.0620. The molecule has 0 fully saturated rings. The highest BCUT2D eigenvalue weighted by Crippen LogP contribution is 2.12. The van der Waals surface area contributed by atoms with Gasteiger partial charge in [-0.2, -0.15) is 0 Å². The topological polar surface area (TPSA) is 29.5 Å². The Morgan fingerprint density at radius 2 is 2.38 bits per heavy atom. The molecule has 1 aliphatic heterocycles. The zero-order chi connectivity index (χ0) is 5.98. The van der Waals surface area contributed by atoms with E-state index >= 15 is 0 Å². The minimum absolute atomic E-state index is 0.0492. The summed E-state index contributed by atoms with van der Waals surface area (Å²) < 4.78 is 5.01. The van der Waals surface area contributed by atoms with Crippen LogP contribution in [0.2, 0.25) is 0 Å². The molecule has 8 heavy (non-hydrogen) atoms. The maximum Gasteiger partial charge on any atom is 0.119 e. The van der Waals surface area contributed by atoms with Gasteiger partial charge < -0.3 is 9.84 Å². The molecule has 46 valence electrons. The van der Waals surface area contributed by atoms with Gasteiger partial charge in [-0.05, 0) is 6.08 Å². The molecule has 0 amide bonds. The molecule has 1 aliphatic rings. The van der Waals surface area contributed by atoms with E-state index < -0.39 is 0 Å². The highest BCUT2D eigenvalue weighted by molar-refractivity contribution is 7.81. The first-order chi connectivity index (χ1) is 3.83. The summed E-state index contributed by atoms with van der Waals surface area (Å²) in [7, 11) is 0. The van der Waals surface area contributed by atoms with Crippen molar-refractivity contribution in [2.75, 3.05) is 6.61 Å². The maximum absolute atomic E-state index is 8.47. The zero-order valence-corrected chi connectivity index (χ0v) is 5.21. The minimum Gasteiger partial charge on any atom is -0.393 e. The molecule has 0 aromatic rings. The smallest absolute Gasteiger partial charge is 0.119 e. The molecule has 1 unspecified atom stereocenters. The second-order valence-electron chi connectivity index (χ2n) is 1.63. The van der Waals surface area contributed by atoms with Crippen LogP contribution in [-0.4, -0.2) is 23.3 Å². The summed E-state index contributed by atoms with van der Waals surface area (Å²) >= 11 is 3.99. The van der Waals surface area contributed by atoms with Gasteiger partial charge in [0.15, 0.2) is 0 Å². The number of hydrogen-bond donors (Lipinski definition) is 2. The van der Waals surface area contributed by atoms with Crippen LogP contribution in [0.25, 0.3) is 0 Å². The number of hydrogen-bond acceptors (Lipinski definition) is 3. The summed E-state index contributed by atoms with van der Waals surface area (Å²) in [5.41, 5.74) is -0.118. The number of rotatable bonds is 1. The average Bonchev–Trinajstić information content (AvgIpc) is 2.14. The predicted octanol–water partition coefficient (Wildman–Crippen LogP) is 0.190. The van der Waals surface area contributed by atoms with Gasteiger partial charge >= 0.3 is 0 Å². The van der Waals surface area contributed by atoms with Crippen molar-refractivity contribution in [3.8, 4) is 0 Å². The molecule has 1 N–H and O–H groups in total. The standard InChI is InChI=1S/C5H8O2S/c6-3-4-1-2-5(8)7-4/h1-2,4-6,8H,3H2/t4-,5?/m0/s1. The van der Waals surface area contributed by atoms with Crippen LogP contribution in [0.5, 0.6) is 0 Å². The molecule has 0 saturated heterocycles. The normalized spacial score (nSPS) is 36.2. The van der Waals surface area contributed by atoms with Crippen LogP contribution in [0, 0.1) is 0 Å². The Labute approximate surface area is 53.6 Å². The molecule has 0 radical (unpaired) electrons. The Balaban J connectivity index is 2.34. The van der Waals surface area contributed by atoms with Gasteiger partial charge in [0.1, 0.15) is 11.5 Å². The van der Waals surface area contributed by atoms with Gasteiger partial charge in [-0.3, -0.25) is 0 Å². The fourth-order valence-corrected chi connectivity index (χ4v) is 0.848. The van der Waals surface area contributed by atoms with E-state index in [1.807, 2.05) is 6.08 Å². The van der Waals surface area contributed by atoms with Crippen LogP contribution in [0.15, 0.2) is 12.2 Å². The van der Waals surface area contributed by atoms with Crippen molar-refractivity contribution in [3.63, 3.8) is 0 Å². The van der Waals surface area contributed by atoms with E-state index in [2.05, 4.69) is 12.6 Å². The second kappa shape index (κ2) is 2.53. The number of ether oxygens (including phenoxy) is 1. The van der Waals surface area contributed by atoms with E-state index in [1.54, 1.807) is 6.08 Å². The summed E-state index contributed by atoms with van der Waals surface area (Å²) in [6, 6.07) is 0. The third-order valence-corrected chi connectivity index (χ3v) is 1.28. The molecule has 2 nitrogen and oxygen atoms in total. The third kappa shape index (κ3) is 1.24. The third-order valence-electron chi connectivity index (χ3n) is 0.985. The number of thiol groups is 1. The molecular weight excluding hydrogens is 124 g/mol. The molecule has 1 heterocycles. The molecule has 0 spiro atoms.